The van der Waals surface area contributed by atoms with Gasteiger partial charge in [0.1, 0.15) is 0 Å². The van der Waals surface area contributed by atoms with Crippen LogP contribution in [0.15, 0.2) is 53.4 Å². The van der Waals surface area contributed by atoms with Crippen molar-refractivity contribution < 1.29 is 18.5 Å². The van der Waals surface area contributed by atoms with Crippen molar-refractivity contribution in [2.45, 2.75) is 18.4 Å². The minimum Gasteiger partial charge on any atom is -0.452 e. The fraction of sp³-hybridized carbons (Fsp3) is 0.222. The normalized spacial score (nSPS) is 11.6. The SMILES string of the molecule is CC[S@](=O)c1ccccc1C(=O)OCC(=O)NCc1ccc(Cl)cc1. The van der Waals surface area contributed by atoms with Crippen LogP contribution in [0.3, 0.4) is 0 Å². The summed E-state index contributed by atoms with van der Waals surface area (Å²) in [5.41, 5.74) is 1.10. The second-order valence-electron chi connectivity index (χ2n) is 5.11. The third-order valence-electron chi connectivity index (χ3n) is 3.35. The number of benzene rings is 2. The quantitative estimate of drug-likeness (QED) is 0.751. The Balaban J connectivity index is 1.88. The van der Waals surface area contributed by atoms with E-state index in [1.165, 1.54) is 6.07 Å². The van der Waals surface area contributed by atoms with E-state index in [0.29, 0.717) is 22.2 Å². The Bertz CT molecular complexity index is 777. The lowest BCUT2D eigenvalue weighted by atomic mass is 10.2. The van der Waals surface area contributed by atoms with Gasteiger partial charge >= 0.3 is 5.97 Å². The van der Waals surface area contributed by atoms with Crippen LogP contribution in [-0.2, 0) is 26.9 Å². The second kappa shape index (κ2) is 9.34. The highest BCUT2D eigenvalue weighted by Crippen LogP contribution is 2.15. The molecule has 7 heteroatoms. The van der Waals surface area contributed by atoms with Gasteiger partial charge in [-0.05, 0) is 29.8 Å². The lowest BCUT2D eigenvalue weighted by Crippen LogP contribution is -2.28. The van der Waals surface area contributed by atoms with Gasteiger partial charge in [0.2, 0.25) is 0 Å². The summed E-state index contributed by atoms with van der Waals surface area (Å²) < 4.78 is 17.0. The van der Waals surface area contributed by atoms with Gasteiger partial charge in [0.25, 0.3) is 5.91 Å². The highest BCUT2D eigenvalue weighted by molar-refractivity contribution is 7.85. The Morgan fingerprint density at radius 2 is 1.80 bits per heavy atom. The van der Waals surface area contributed by atoms with Crippen molar-refractivity contribution in [2.75, 3.05) is 12.4 Å². The minimum atomic E-state index is -1.28. The molecule has 0 aliphatic rings. The van der Waals surface area contributed by atoms with E-state index in [2.05, 4.69) is 5.32 Å². The zero-order chi connectivity index (χ0) is 18.2. The molecule has 25 heavy (non-hydrogen) atoms. The molecular weight excluding hydrogens is 362 g/mol. The van der Waals surface area contributed by atoms with Gasteiger partial charge in [0.15, 0.2) is 6.61 Å². The van der Waals surface area contributed by atoms with E-state index in [4.69, 9.17) is 16.3 Å². The molecule has 2 rings (SSSR count). The maximum atomic E-state index is 12.2. The summed E-state index contributed by atoms with van der Waals surface area (Å²) in [5.74, 6) is -0.692. The number of esters is 1. The largest absolute Gasteiger partial charge is 0.452 e. The van der Waals surface area contributed by atoms with E-state index in [-0.39, 0.29) is 5.56 Å². The molecule has 0 bridgehead atoms. The molecule has 0 heterocycles. The summed E-state index contributed by atoms with van der Waals surface area (Å²) in [5, 5.41) is 3.27. The molecule has 0 aliphatic heterocycles. The lowest BCUT2D eigenvalue weighted by molar-refractivity contribution is -0.124. The molecular formula is C18H18ClNO4S. The van der Waals surface area contributed by atoms with Crippen LogP contribution in [0.25, 0.3) is 0 Å². The molecule has 0 aromatic heterocycles. The molecule has 2 aromatic rings. The van der Waals surface area contributed by atoms with E-state index >= 15 is 0 Å². The highest BCUT2D eigenvalue weighted by Gasteiger charge is 2.17. The van der Waals surface area contributed by atoms with Gasteiger partial charge in [-0.25, -0.2) is 4.79 Å². The molecule has 0 unspecified atom stereocenters. The first-order valence-corrected chi connectivity index (χ1v) is 9.36. The summed E-state index contributed by atoms with van der Waals surface area (Å²) in [6.07, 6.45) is 0. The fourth-order valence-electron chi connectivity index (χ4n) is 2.05. The third kappa shape index (κ3) is 5.69. The Morgan fingerprint density at radius 1 is 1.12 bits per heavy atom. The van der Waals surface area contributed by atoms with Crippen LogP contribution >= 0.6 is 11.6 Å². The van der Waals surface area contributed by atoms with Gasteiger partial charge in [-0.15, -0.1) is 0 Å². The molecule has 1 amide bonds. The summed E-state index contributed by atoms with van der Waals surface area (Å²) in [6, 6.07) is 13.6. The van der Waals surface area contributed by atoms with Gasteiger partial charge in [-0.2, -0.15) is 0 Å². The molecule has 132 valence electrons. The van der Waals surface area contributed by atoms with Crippen LogP contribution in [0.4, 0.5) is 0 Å². The fourth-order valence-corrected chi connectivity index (χ4v) is 3.12. The maximum absolute atomic E-state index is 12.2. The Kier molecular flexibility index (Phi) is 7.16. The van der Waals surface area contributed by atoms with E-state index < -0.39 is 29.3 Å². The van der Waals surface area contributed by atoms with Crippen molar-refractivity contribution in [3.8, 4) is 0 Å². The zero-order valence-electron chi connectivity index (χ0n) is 13.7. The molecule has 5 nitrogen and oxygen atoms in total. The molecule has 0 spiro atoms. The molecule has 1 N–H and O–H groups in total. The first kappa shape index (κ1) is 19.1. The summed E-state index contributed by atoms with van der Waals surface area (Å²) in [6.45, 7) is 1.67. The third-order valence-corrected chi connectivity index (χ3v) is 4.97. The number of nitrogens with one attached hydrogen (secondary N) is 1. The van der Waals surface area contributed by atoms with Crippen LogP contribution < -0.4 is 5.32 Å². The van der Waals surface area contributed by atoms with Crippen molar-refractivity contribution in [2.24, 2.45) is 0 Å². The number of ether oxygens (including phenoxy) is 1. The van der Waals surface area contributed by atoms with Gasteiger partial charge < -0.3 is 10.1 Å². The Hall–Kier alpha value is -2.18. The van der Waals surface area contributed by atoms with Gasteiger partial charge in [0, 0.05) is 17.3 Å². The van der Waals surface area contributed by atoms with Crippen molar-refractivity contribution in [3.63, 3.8) is 0 Å². The number of hydrogen-bond donors (Lipinski definition) is 1. The van der Waals surface area contributed by atoms with Crippen LogP contribution in [0, 0.1) is 0 Å². The monoisotopic (exact) mass is 379 g/mol. The van der Waals surface area contributed by atoms with Crippen LogP contribution in [0.5, 0.6) is 0 Å². The molecule has 0 saturated carbocycles. The molecule has 0 saturated heterocycles. The molecule has 0 fully saturated rings. The minimum absolute atomic E-state index is 0.216. The number of carbonyl (C=O) groups excluding carboxylic acids is 2. The van der Waals surface area contributed by atoms with Gasteiger partial charge in [-0.1, -0.05) is 42.8 Å². The van der Waals surface area contributed by atoms with Crippen LogP contribution in [0.2, 0.25) is 5.02 Å². The molecule has 2 aromatic carbocycles. The first-order valence-electron chi connectivity index (χ1n) is 7.67. The highest BCUT2D eigenvalue weighted by atomic mass is 35.5. The Labute approximate surface area is 153 Å². The summed E-state index contributed by atoms with van der Waals surface area (Å²) >= 11 is 5.80. The summed E-state index contributed by atoms with van der Waals surface area (Å²) in [7, 11) is -1.28. The standard InChI is InChI=1S/C18H18ClNO4S/c1-2-25(23)16-6-4-3-5-15(16)18(22)24-12-17(21)20-11-13-7-9-14(19)10-8-13/h3-10H,2,11-12H2,1H3,(H,20,21)/t25-/m0/s1. The van der Waals surface area contributed by atoms with Gasteiger partial charge in [0.05, 0.1) is 21.3 Å². The smallest absolute Gasteiger partial charge is 0.339 e. The maximum Gasteiger partial charge on any atom is 0.339 e. The van der Waals surface area contributed by atoms with Crippen molar-refractivity contribution in [1.82, 2.24) is 5.32 Å². The predicted octanol–water partition coefficient (Wildman–Crippen LogP) is 2.94. The van der Waals surface area contributed by atoms with E-state index in [9.17, 15) is 13.8 Å². The van der Waals surface area contributed by atoms with E-state index in [1.807, 2.05) is 0 Å². The number of hydrogen-bond acceptors (Lipinski definition) is 4. The molecule has 0 aliphatic carbocycles. The topological polar surface area (TPSA) is 72.5 Å². The lowest BCUT2D eigenvalue weighted by Gasteiger charge is -2.09. The molecule has 1 atom stereocenters. The average molecular weight is 380 g/mol. The van der Waals surface area contributed by atoms with Gasteiger partial charge in [-0.3, -0.25) is 9.00 Å². The average Bonchev–Trinajstić information content (AvgIpc) is 2.65. The first-order chi connectivity index (χ1) is 12.0. The molecule has 0 radical (unpaired) electrons. The number of amides is 1. The van der Waals surface area contributed by atoms with E-state index in [1.54, 1.807) is 49.4 Å². The number of rotatable bonds is 7. The second-order valence-corrected chi connectivity index (χ2v) is 7.25. The van der Waals surface area contributed by atoms with Crippen molar-refractivity contribution >= 4 is 34.3 Å². The van der Waals surface area contributed by atoms with Crippen LogP contribution in [0.1, 0.15) is 22.8 Å². The van der Waals surface area contributed by atoms with Crippen molar-refractivity contribution in [1.29, 1.82) is 0 Å². The number of carbonyl (C=O) groups is 2. The Morgan fingerprint density at radius 3 is 2.48 bits per heavy atom. The predicted molar refractivity (Wildman–Crippen MR) is 97.0 cm³/mol. The van der Waals surface area contributed by atoms with Crippen LogP contribution in [-0.4, -0.2) is 28.4 Å². The number of halogens is 1. The van der Waals surface area contributed by atoms with Crippen molar-refractivity contribution in [3.05, 3.63) is 64.7 Å². The zero-order valence-corrected chi connectivity index (χ0v) is 15.2. The summed E-state index contributed by atoms with van der Waals surface area (Å²) in [4.78, 5) is 24.4. The van der Waals surface area contributed by atoms with E-state index in [0.717, 1.165) is 5.56 Å².